The summed E-state index contributed by atoms with van der Waals surface area (Å²) in [5.74, 6) is -1.20. The van der Waals surface area contributed by atoms with Gasteiger partial charge in [0.25, 0.3) is 5.91 Å². The average molecular weight is 366 g/mol. The number of thiophene rings is 1. The zero-order chi connectivity index (χ0) is 18.2. The number of rotatable bonds is 7. The van der Waals surface area contributed by atoms with E-state index in [0.29, 0.717) is 11.4 Å². The SMILES string of the molecule is CCCNC(=O)[C@H](C)NC(=O)COC(=O)c1cc2c(s1)CCCCC2. The van der Waals surface area contributed by atoms with Crippen LogP contribution in [0.15, 0.2) is 6.07 Å². The van der Waals surface area contributed by atoms with E-state index in [9.17, 15) is 14.4 Å². The molecule has 2 N–H and O–H groups in total. The molecule has 0 radical (unpaired) electrons. The zero-order valence-corrected chi connectivity index (χ0v) is 15.7. The largest absolute Gasteiger partial charge is 0.451 e. The van der Waals surface area contributed by atoms with E-state index in [1.165, 1.54) is 28.2 Å². The van der Waals surface area contributed by atoms with Crippen molar-refractivity contribution in [2.45, 2.75) is 58.4 Å². The topological polar surface area (TPSA) is 84.5 Å². The molecule has 0 saturated heterocycles. The fourth-order valence-electron chi connectivity index (χ4n) is 2.72. The minimum atomic E-state index is -0.657. The van der Waals surface area contributed by atoms with Crippen LogP contribution in [0, 0.1) is 0 Å². The Balaban J connectivity index is 1.79. The molecule has 1 atom stereocenters. The van der Waals surface area contributed by atoms with E-state index in [1.54, 1.807) is 6.92 Å². The molecule has 0 unspecified atom stereocenters. The van der Waals surface area contributed by atoms with Crippen LogP contribution in [0.5, 0.6) is 0 Å². The van der Waals surface area contributed by atoms with Crippen LogP contribution in [0.1, 0.15) is 59.6 Å². The van der Waals surface area contributed by atoms with Gasteiger partial charge in [-0.05, 0) is 50.7 Å². The highest BCUT2D eigenvalue weighted by molar-refractivity contribution is 7.14. The molecule has 2 amide bonds. The summed E-state index contributed by atoms with van der Waals surface area (Å²) in [6.07, 6.45) is 6.38. The van der Waals surface area contributed by atoms with E-state index in [4.69, 9.17) is 4.74 Å². The smallest absolute Gasteiger partial charge is 0.348 e. The first-order valence-electron chi connectivity index (χ1n) is 8.87. The quantitative estimate of drug-likeness (QED) is 0.572. The van der Waals surface area contributed by atoms with Gasteiger partial charge in [0.05, 0.1) is 0 Å². The predicted molar refractivity (Wildman–Crippen MR) is 96.8 cm³/mol. The third-order valence-corrected chi connectivity index (χ3v) is 5.32. The number of hydrogen-bond acceptors (Lipinski definition) is 5. The lowest BCUT2D eigenvalue weighted by Crippen LogP contribution is -2.46. The summed E-state index contributed by atoms with van der Waals surface area (Å²) in [7, 11) is 0. The maximum atomic E-state index is 12.1. The van der Waals surface area contributed by atoms with Crippen LogP contribution in [0.3, 0.4) is 0 Å². The molecule has 1 aliphatic rings. The maximum Gasteiger partial charge on any atom is 0.348 e. The molecule has 1 heterocycles. The number of ether oxygens (including phenoxy) is 1. The van der Waals surface area contributed by atoms with Gasteiger partial charge in [-0.15, -0.1) is 11.3 Å². The van der Waals surface area contributed by atoms with Crippen molar-refractivity contribution in [2.24, 2.45) is 0 Å². The van der Waals surface area contributed by atoms with E-state index in [0.717, 1.165) is 32.1 Å². The number of hydrogen-bond donors (Lipinski definition) is 2. The Morgan fingerprint density at radius 1 is 1.24 bits per heavy atom. The predicted octanol–water partition coefficient (Wildman–Crippen LogP) is 2.20. The first kappa shape index (κ1) is 19.4. The molecule has 1 aromatic rings. The molecule has 1 aromatic heterocycles. The second-order valence-electron chi connectivity index (χ2n) is 6.28. The minimum Gasteiger partial charge on any atom is -0.451 e. The first-order chi connectivity index (χ1) is 12.0. The van der Waals surface area contributed by atoms with Crippen LogP contribution < -0.4 is 10.6 Å². The molecule has 2 rings (SSSR count). The van der Waals surface area contributed by atoms with Crippen LogP contribution in [0.2, 0.25) is 0 Å². The van der Waals surface area contributed by atoms with Gasteiger partial charge < -0.3 is 15.4 Å². The highest BCUT2D eigenvalue weighted by Crippen LogP contribution is 2.29. The van der Waals surface area contributed by atoms with E-state index >= 15 is 0 Å². The van der Waals surface area contributed by atoms with Gasteiger partial charge in [0, 0.05) is 11.4 Å². The second-order valence-corrected chi connectivity index (χ2v) is 7.41. The Bertz CT molecular complexity index is 603. The first-order valence-corrected chi connectivity index (χ1v) is 9.68. The molecule has 0 aromatic carbocycles. The third-order valence-electron chi connectivity index (χ3n) is 4.10. The number of nitrogens with one attached hydrogen (secondary N) is 2. The monoisotopic (exact) mass is 366 g/mol. The van der Waals surface area contributed by atoms with Crippen LogP contribution in [0.4, 0.5) is 0 Å². The second kappa shape index (κ2) is 9.56. The van der Waals surface area contributed by atoms with Crippen molar-refractivity contribution in [3.8, 4) is 0 Å². The Morgan fingerprint density at radius 2 is 2.00 bits per heavy atom. The highest BCUT2D eigenvalue weighted by atomic mass is 32.1. The maximum absolute atomic E-state index is 12.1. The van der Waals surface area contributed by atoms with E-state index in [2.05, 4.69) is 10.6 Å². The molecule has 25 heavy (non-hydrogen) atoms. The van der Waals surface area contributed by atoms with Crippen molar-refractivity contribution < 1.29 is 19.1 Å². The zero-order valence-electron chi connectivity index (χ0n) is 14.9. The Hall–Kier alpha value is -1.89. The lowest BCUT2D eigenvalue weighted by molar-refractivity contribution is -0.130. The van der Waals surface area contributed by atoms with Gasteiger partial charge in [0.1, 0.15) is 10.9 Å². The summed E-state index contributed by atoms with van der Waals surface area (Å²) < 4.78 is 5.09. The molecule has 0 fully saturated rings. The van der Waals surface area contributed by atoms with Gasteiger partial charge in [-0.1, -0.05) is 13.3 Å². The molecule has 0 bridgehead atoms. The molecule has 0 aliphatic heterocycles. The van der Waals surface area contributed by atoms with Crippen molar-refractivity contribution in [2.75, 3.05) is 13.2 Å². The van der Waals surface area contributed by atoms with Crippen molar-refractivity contribution >= 4 is 29.1 Å². The molecule has 6 nitrogen and oxygen atoms in total. The van der Waals surface area contributed by atoms with Gasteiger partial charge in [0.15, 0.2) is 6.61 Å². The highest BCUT2D eigenvalue weighted by Gasteiger charge is 2.19. The third kappa shape index (κ3) is 5.85. The Kier molecular flexibility index (Phi) is 7.43. The molecular formula is C18H26N2O4S. The van der Waals surface area contributed by atoms with E-state index in [-0.39, 0.29) is 12.5 Å². The van der Waals surface area contributed by atoms with Crippen LogP contribution in [0.25, 0.3) is 0 Å². The summed E-state index contributed by atoms with van der Waals surface area (Å²) >= 11 is 1.47. The number of carbonyl (C=O) groups is 3. The fourth-order valence-corrected chi connectivity index (χ4v) is 3.87. The van der Waals surface area contributed by atoms with Crippen LogP contribution in [-0.2, 0) is 27.2 Å². The number of carbonyl (C=O) groups excluding carboxylic acids is 3. The minimum absolute atomic E-state index is 0.247. The van der Waals surface area contributed by atoms with Gasteiger partial charge in [-0.3, -0.25) is 9.59 Å². The molecular weight excluding hydrogens is 340 g/mol. The van der Waals surface area contributed by atoms with E-state index < -0.39 is 17.9 Å². The Labute approximate surface area is 152 Å². The number of esters is 1. The summed E-state index contributed by atoms with van der Waals surface area (Å²) in [5.41, 5.74) is 1.24. The van der Waals surface area contributed by atoms with E-state index in [1.807, 2.05) is 13.0 Å². The molecule has 7 heteroatoms. The van der Waals surface area contributed by atoms with Gasteiger partial charge >= 0.3 is 5.97 Å². The lowest BCUT2D eigenvalue weighted by atomic mass is 10.1. The van der Waals surface area contributed by atoms with Crippen molar-refractivity contribution in [3.05, 3.63) is 21.4 Å². The molecule has 0 spiro atoms. The Morgan fingerprint density at radius 3 is 2.76 bits per heavy atom. The van der Waals surface area contributed by atoms with Crippen molar-refractivity contribution in [1.29, 1.82) is 0 Å². The number of aryl methyl sites for hydroxylation is 2. The summed E-state index contributed by atoms with van der Waals surface area (Å²) in [4.78, 5) is 37.5. The summed E-state index contributed by atoms with van der Waals surface area (Å²) in [5, 5.41) is 5.23. The standard InChI is InChI=1S/C18H26N2O4S/c1-3-9-19-17(22)12(2)20-16(21)11-24-18(23)15-10-13-7-5-4-6-8-14(13)25-15/h10,12H,3-9,11H2,1-2H3,(H,19,22)(H,20,21)/t12-/m0/s1. The number of fused-ring (bicyclic) bond motifs is 1. The lowest BCUT2D eigenvalue weighted by Gasteiger charge is -2.13. The van der Waals surface area contributed by atoms with Gasteiger partial charge in [-0.25, -0.2) is 4.79 Å². The van der Waals surface area contributed by atoms with Crippen molar-refractivity contribution in [3.63, 3.8) is 0 Å². The summed E-state index contributed by atoms with van der Waals surface area (Å²) in [6.45, 7) is 3.73. The normalized spacial score (nSPS) is 14.8. The summed E-state index contributed by atoms with van der Waals surface area (Å²) in [6, 6.07) is 1.24. The molecule has 0 saturated carbocycles. The molecule has 138 valence electrons. The van der Waals surface area contributed by atoms with Gasteiger partial charge in [0.2, 0.25) is 5.91 Å². The van der Waals surface area contributed by atoms with Crippen molar-refractivity contribution in [1.82, 2.24) is 10.6 Å². The van der Waals surface area contributed by atoms with Crippen LogP contribution >= 0.6 is 11.3 Å². The average Bonchev–Trinajstić information content (AvgIpc) is 2.88. The van der Waals surface area contributed by atoms with Crippen LogP contribution in [-0.4, -0.2) is 37.0 Å². The number of amides is 2. The fraction of sp³-hybridized carbons (Fsp3) is 0.611. The van der Waals surface area contributed by atoms with Gasteiger partial charge in [-0.2, -0.15) is 0 Å². The molecule has 1 aliphatic carbocycles.